The molecule has 0 saturated heterocycles. The monoisotopic (exact) mass is 584 g/mol. The van der Waals surface area contributed by atoms with Crippen LogP contribution in [0, 0.1) is 12.7 Å². The third kappa shape index (κ3) is 7.64. The number of benzene rings is 4. The first-order chi connectivity index (χ1) is 19.0. The summed E-state index contributed by atoms with van der Waals surface area (Å²) in [6, 6.07) is 23.3. The third-order valence-corrected chi connectivity index (χ3v) is 6.65. The lowest BCUT2D eigenvalue weighted by atomic mass is 10.1. The van der Waals surface area contributed by atoms with Gasteiger partial charge < -0.3 is 19.5 Å². The summed E-state index contributed by atoms with van der Waals surface area (Å²) in [5.41, 5.74) is 3.17. The molecule has 0 aromatic heterocycles. The van der Waals surface area contributed by atoms with E-state index in [0.29, 0.717) is 46.4 Å². The number of carbonyl (C=O) groups is 1. The molecule has 4 rings (SSSR count). The molecule has 0 amide bonds. The Bertz CT molecular complexity index is 1630. The number of nitrogens with one attached hydrogen (secondary N) is 1. The molecule has 11 heteroatoms. The lowest BCUT2D eigenvalue weighted by molar-refractivity contribution is -0.139. The fourth-order valence-corrected chi connectivity index (χ4v) is 4.87. The molecule has 208 valence electrons. The number of carboxylic acids is 1. The Balaban J connectivity index is 1.61. The number of carboxylic acid groups (broad SMARTS) is 1. The summed E-state index contributed by atoms with van der Waals surface area (Å²) in [5.74, 6) is -0.170. The van der Waals surface area contributed by atoms with Gasteiger partial charge in [0.1, 0.15) is 23.1 Å². The van der Waals surface area contributed by atoms with E-state index in [1.165, 1.54) is 12.1 Å². The zero-order valence-corrected chi connectivity index (χ0v) is 23.2. The average molecular weight is 585 g/mol. The van der Waals surface area contributed by atoms with Crippen molar-refractivity contribution in [2.45, 2.75) is 13.5 Å². The van der Waals surface area contributed by atoms with Crippen molar-refractivity contribution in [3.05, 3.63) is 107 Å². The highest BCUT2D eigenvalue weighted by Gasteiger charge is 2.19. The molecule has 2 N–H and O–H groups in total. The van der Waals surface area contributed by atoms with Gasteiger partial charge in [-0.05, 0) is 72.6 Å². The summed E-state index contributed by atoms with van der Waals surface area (Å²) < 4.78 is 51.3. The van der Waals surface area contributed by atoms with Crippen molar-refractivity contribution in [3.63, 3.8) is 0 Å². The van der Waals surface area contributed by atoms with E-state index in [4.69, 9.17) is 26.2 Å². The SMILES string of the molecule is Cc1c(NS(C)(=O)=O)cccc1N(Cc1ccc(Oc2cccc(OCC(=O)O)c2)cc1)c1ccc(F)cc1Cl. The van der Waals surface area contributed by atoms with Crippen LogP contribution in [0.3, 0.4) is 0 Å². The first-order valence-electron chi connectivity index (χ1n) is 12.0. The highest BCUT2D eigenvalue weighted by atomic mass is 35.5. The second-order valence-electron chi connectivity index (χ2n) is 8.91. The Kier molecular flexibility index (Phi) is 8.81. The Morgan fingerprint density at radius 2 is 1.65 bits per heavy atom. The number of hydrogen-bond acceptors (Lipinski definition) is 6. The maximum absolute atomic E-state index is 13.9. The summed E-state index contributed by atoms with van der Waals surface area (Å²) >= 11 is 6.45. The van der Waals surface area contributed by atoms with E-state index in [2.05, 4.69) is 4.72 Å². The molecule has 0 spiro atoms. The molecule has 0 heterocycles. The van der Waals surface area contributed by atoms with E-state index in [9.17, 15) is 17.6 Å². The van der Waals surface area contributed by atoms with E-state index in [1.807, 2.05) is 23.1 Å². The van der Waals surface area contributed by atoms with Crippen LogP contribution in [0.1, 0.15) is 11.1 Å². The van der Waals surface area contributed by atoms with Crippen LogP contribution in [0.25, 0.3) is 0 Å². The van der Waals surface area contributed by atoms with Gasteiger partial charge in [0.15, 0.2) is 6.61 Å². The topological polar surface area (TPSA) is 105 Å². The van der Waals surface area contributed by atoms with Crippen LogP contribution in [0.4, 0.5) is 21.5 Å². The number of aliphatic carboxylic acids is 1. The molecule has 0 aliphatic heterocycles. The maximum atomic E-state index is 13.9. The predicted octanol–water partition coefficient (Wildman–Crippen LogP) is 6.75. The quantitative estimate of drug-likeness (QED) is 0.201. The fourth-order valence-electron chi connectivity index (χ4n) is 3.98. The predicted molar refractivity (Wildman–Crippen MR) is 153 cm³/mol. The summed E-state index contributed by atoms with van der Waals surface area (Å²) in [5, 5.41) is 9.00. The molecule has 4 aromatic carbocycles. The molecular weight excluding hydrogens is 559 g/mol. The van der Waals surface area contributed by atoms with Gasteiger partial charge in [-0.25, -0.2) is 17.6 Å². The minimum absolute atomic E-state index is 0.200. The molecule has 0 unspecified atom stereocenters. The Morgan fingerprint density at radius 3 is 2.33 bits per heavy atom. The largest absolute Gasteiger partial charge is 0.482 e. The van der Waals surface area contributed by atoms with Crippen LogP contribution < -0.4 is 19.1 Å². The minimum Gasteiger partial charge on any atom is -0.482 e. The molecule has 0 aliphatic carbocycles. The van der Waals surface area contributed by atoms with Crippen LogP contribution in [-0.2, 0) is 21.4 Å². The van der Waals surface area contributed by atoms with Gasteiger partial charge in [0.2, 0.25) is 10.0 Å². The van der Waals surface area contributed by atoms with Gasteiger partial charge in [0.05, 0.1) is 22.7 Å². The van der Waals surface area contributed by atoms with Gasteiger partial charge in [-0.2, -0.15) is 0 Å². The van der Waals surface area contributed by atoms with Crippen LogP contribution in [0.15, 0.2) is 84.9 Å². The Morgan fingerprint density at radius 1 is 0.950 bits per heavy atom. The second-order valence-corrected chi connectivity index (χ2v) is 11.1. The van der Waals surface area contributed by atoms with Crippen molar-refractivity contribution in [2.75, 3.05) is 22.5 Å². The van der Waals surface area contributed by atoms with E-state index >= 15 is 0 Å². The van der Waals surface area contributed by atoms with Gasteiger partial charge in [0, 0.05) is 18.3 Å². The fraction of sp³-hybridized carbons (Fsp3) is 0.138. The molecule has 0 aliphatic rings. The second kappa shape index (κ2) is 12.3. The van der Waals surface area contributed by atoms with E-state index in [0.717, 1.165) is 11.8 Å². The summed E-state index contributed by atoms with van der Waals surface area (Å²) in [4.78, 5) is 12.6. The third-order valence-electron chi connectivity index (χ3n) is 5.76. The molecule has 0 atom stereocenters. The first-order valence-corrected chi connectivity index (χ1v) is 14.3. The standard InChI is InChI=1S/C29H26ClFN2O6S/c1-19-26(32-40(2,36)37)7-4-8-27(19)33(28-14-11-21(31)15-25(28)30)17-20-9-12-22(13-10-20)39-24-6-3-5-23(16-24)38-18-29(34)35/h3-16,32H,17-18H2,1-2H3,(H,34,35). The number of nitrogens with zero attached hydrogens (tertiary/aromatic N) is 1. The van der Waals surface area contributed by atoms with Crippen LogP contribution in [0.2, 0.25) is 5.02 Å². The van der Waals surface area contributed by atoms with Crippen molar-refractivity contribution in [1.29, 1.82) is 0 Å². The molecular formula is C29H26ClFN2O6S. The van der Waals surface area contributed by atoms with Crippen LogP contribution in [-0.4, -0.2) is 32.4 Å². The van der Waals surface area contributed by atoms with Crippen molar-refractivity contribution in [1.82, 2.24) is 0 Å². The van der Waals surface area contributed by atoms with Gasteiger partial charge in [0.25, 0.3) is 0 Å². The highest BCUT2D eigenvalue weighted by molar-refractivity contribution is 7.92. The lowest BCUT2D eigenvalue weighted by Gasteiger charge is -2.29. The number of hydrogen-bond donors (Lipinski definition) is 2. The lowest BCUT2D eigenvalue weighted by Crippen LogP contribution is -2.19. The molecule has 8 nitrogen and oxygen atoms in total. The minimum atomic E-state index is -3.51. The molecule has 0 bridgehead atoms. The molecule has 0 radical (unpaired) electrons. The van der Waals surface area contributed by atoms with Crippen molar-refractivity contribution in [2.24, 2.45) is 0 Å². The van der Waals surface area contributed by atoms with Gasteiger partial charge in [-0.1, -0.05) is 35.9 Å². The zero-order valence-electron chi connectivity index (χ0n) is 21.6. The Labute approximate surface area is 236 Å². The van der Waals surface area contributed by atoms with Gasteiger partial charge in [-0.3, -0.25) is 4.72 Å². The van der Waals surface area contributed by atoms with E-state index in [1.54, 1.807) is 61.5 Å². The van der Waals surface area contributed by atoms with Crippen molar-refractivity contribution >= 4 is 44.7 Å². The summed E-state index contributed by atoms with van der Waals surface area (Å²) in [6.07, 6.45) is 1.08. The summed E-state index contributed by atoms with van der Waals surface area (Å²) in [6.45, 7) is 1.66. The number of rotatable bonds is 11. The Hall–Kier alpha value is -4.28. The highest BCUT2D eigenvalue weighted by Crippen LogP contribution is 2.38. The van der Waals surface area contributed by atoms with E-state index < -0.39 is 28.4 Å². The zero-order chi connectivity index (χ0) is 28.9. The van der Waals surface area contributed by atoms with Gasteiger partial charge >= 0.3 is 5.97 Å². The molecule has 0 saturated carbocycles. The van der Waals surface area contributed by atoms with Crippen molar-refractivity contribution in [3.8, 4) is 17.2 Å². The normalized spacial score (nSPS) is 11.1. The van der Waals surface area contributed by atoms with Gasteiger partial charge in [-0.15, -0.1) is 0 Å². The molecule has 40 heavy (non-hydrogen) atoms. The van der Waals surface area contributed by atoms with Crippen molar-refractivity contribution < 1.29 is 32.2 Å². The number of anilines is 3. The number of sulfonamides is 1. The number of halogens is 2. The number of ether oxygens (including phenoxy) is 2. The first kappa shape index (κ1) is 28.7. The van der Waals surface area contributed by atoms with Crippen LogP contribution >= 0.6 is 11.6 Å². The molecule has 0 fully saturated rings. The molecule has 4 aromatic rings. The summed E-state index contributed by atoms with van der Waals surface area (Å²) in [7, 11) is -3.51. The maximum Gasteiger partial charge on any atom is 0.341 e. The van der Waals surface area contributed by atoms with E-state index in [-0.39, 0.29) is 5.02 Å². The smallest absolute Gasteiger partial charge is 0.341 e. The van der Waals surface area contributed by atoms with Crippen LogP contribution in [0.5, 0.6) is 17.2 Å². The average Bonchev–Trinajstić information content (AvgIpc) is 2.88.